The number of rotatable bonds is 12. The van der Waals surface area contributed by atoms with Crippen LogP contribution in [0.5, 0.6) is 5.75 Å². The Morgan fingerprint density at radius 2 is 1.75 bits per heavy atom. The molecule has 3 N–H and O–H groups in total. The van der Waals surface area contributed by atoms with Crippen molar-refractivity contribution in [3.63, 3.8) is 0 Å². The molecule has 1 aromatic heterocycles. The normalized spacial score (nSPS) is 18.3. The molecule has 10 nitrogen and oxygen atoms in total. The molecular formula is C35H49Cl2N7O3S. The van der Waals surface area contributed by atoms with E-state index in [1.54, 1.807) is 38.1 Å². The number of nitrogens with zero attached hydrogens (tertiary/aromatic N) is 4. The van der Waals surface area contributed by atoms with Crippen molar-refractivity contribution in [3.8, 4) is 5.75 Å². The summed E-state index contributed by atoms with van der Waals surface area (Å²) in [6.45, 7) is 17.8. The van der Waals surface area contributed by atoms with Crippen molar-refractivity contribution in [3.05, 3.63) is 58.7 Å². The second-order valence-electron chi connectivity index (χ2n) is 13.8. The number of likely N-dealkylation sites (tertiary alicyclic amines) is 2. The monoisotopic (exact) mass is 717 g/mol. The van der Waals surface area contributed by atoms with E-state index in [4.69, 9.17) is 16.3 Å². The summed E-state index contributed by atoms with van der Waals surface area (Å²) in [5, 5.41) is 9.56. The highest BCUT2D eigenvalue weighted by molar-refractivity contribution is 7.92. The topological polar surface area (TPSA) is 112 Å². The Balaban J connectivity index is 0.00000451. The van der Waals surface area contributed by atoms with Gasteiger partial charge in [-0.05, 0) is 108 Å². The number of piperidine rings is 1. The van der Waals surface area contributed by atoms with Crippen molar-refractivity contribution in [1.29, 1.82) is 0 Å². The van der Waals surface area contributed by atoms with Crippen molar-refractivity contribution in [2.24, 2.45) is 5.92 Å². The maximum atomic E-state index is 13.0. The summed E-state index contributed by atoms with van der Waals surface area (Å²) in [7, 11) is -3.53. The van der Waals surface area contributed by atoms with Crippen molar-refractivity contribution >= 4 is 57.0 Å². The number of hydrogen-bond acceptors (Lipinski definition) is 10. The molecule has 48 heavy (non-hydrogen) atoms. The fraction of sp³-hybridized carbons (Fsp3) is 0.543. The van der Waals surface area contributed by atoms with Crippen LogP contribution >= 0.6 is 24.0 Å². The van der Waals surface area contributed by atoms with E-state index >= 15 is 0 Å². The third-order valence-corrected chi connectivity index (χ3v) is 12.1. The van der Waals surface area contributed by atoms with Gasteiger partial charge in [-0.25, -0.2) is 13.4 Å². The van der Waals surface area contributed by atoms with Gasteiger partial charge in [0.05, 0.1) is 33.8 Å². The number of para-hydroxylation sites is 1. The molecule has 6 rings (SSSR count). The zero-order valence-corrected chi connectivity index (χ0v) is 30.9. The zero-order chi connectivity index (χ0) is 33.3. The number of aromatic nitrogens is 2. The van der Waals surface area contributed by atoms with E-state index in [-0.39, 0.29) is 28.4 Å². The smallest absolute Gasteiger partial charge is 0.229 e. The van der Waals surface area contributed by atoms with E-state index in [0.29, 0.717) is 29.4 Å². The molecule has 3 aliphatic heterocycles. The molecule has 13 heteroatoms. The molecular weight excluding hydrogens is 669 g/mol. The highest BCUT2D eigenvalue weighted by Gasteiger charge is 2.36. The van der Waals surface area contributed by atoms with Crippen LogP contribution in [0.3, 0.4) is 0 Å². The predicted molar refractivity (Wildman–Crippen MR) is 197 cm³/mol. The first-order valence-corrected chi connectivity index (χ1v) is 18.8. The summed E-state index contributed by atoms with van der Waals surface area (Å²) in [4.78, 5) is 14.6. The standard InChI is InChI=1S/C35H48ClN7O3S.ClH/c1-22(2)46-32-15-28(26-10-12-43(13-11-26)27-20-42(21-27)19-25-16-37-17-25)24(5)14-31(32)40-35-38-18-29(36)34(41-35)39-30-8-6-7-9-33(30)47(44,45)23(3)4;/h6-9,14-15,18,22-23,25-27,37H,10-13,16-17,19-21H2,1-5H3,(H2,38,39,40,41);1H. The van der Waals surface area contributed by atoms with Gasteiger partial charge in [0.2, 0.25) is 5.95 Å². The Labute approximate surface area is 296 Å². The summed E-state index contributed by atoms with van der Waals surface area (Å²) in [5.74, 6) is 2.70. The SMILES string of the molecule is Cc1cc(Nc2ncc(Cl)c(Nc3ccccc3S(=O)(=O)C(C)C)n2)c(OC(C)C)cc1C1CCN(C2CN(CC3CNC3)C2)CC1.Cl. The van der Waals surface area contributed by atoms with Gasteiger partial charge in [0.15, 0.2) is 15.7 Å². The number of nitrogens with one attached hydrogen (secondary N) is 3. The average molecular weight is 719 g/mol. The first-order chi connectivity index (χ1) is 22.5. The van der Waals surface area contributed by atoms with Crippen LogP contribution in [0.4, 0.5) is 23.1 Å². The molecule has 4 heterocycles. The first-order valence-electron chi connectivity index (χ1n) is 16.9. The minimum absolute atomic E-state index is 0. The van der Waals surface area contributed by atoms with E-state index in [1.807, 2.05) is 13.8 Å². The number of halogens is 2. The second-order valence-corrected chi connectivity index (χ2v) is 16.7. The lowest BCUT2D eigenvalue weighted by Crippen LogP contribution is -2.63. The quantitative estimate of drug-likeness (QED) is 0.195. The lowest BCUT2D eigenvalue weighted by atomic mass is 9.85. The number of hydrogen-bond donors (Lipinski definition) is 3. The molecule has 0 amide bonds. The Bertz CT molecular complexity index is 1670. The molecule has 2 aromatic carbocycles. The number of benzene rings is 2. The third kappa shape index (κ3) is 8.20. The summed E-state index contributed by atoms with van der Waals surface area (Å²) in [6, 6.07) is 11.8. The van der Waals surface area contributed by atoms with Gasteiger partial charge < -0.3 is 20.7 Å². The van der Waals surface area contributed by atoms with E-state index in [1.165, 1.54) is 50.0 Å². The lowest BCUT2D eigenvalue weighted by Gasteiger charge is -2.49. The van der Waals surface area contributed by atoms with Crippen molar-refractivity contribution < 1.29 is 13.2 Å². The minimum atomic E-state index is -3.53. The highest BCUT2D eigenvalue weighted by atomic mass is 35.5. The molecule has 0 aliphatic carbocycles. The molecule has 3 saturated heterocycles. The van der Waals surface area contributed by atoms with E-state index in [2.05, 4.69) is 54.8 Å². The third-order valence-electron chi connectivity index (χ3n) is 9.59. The Hall–Kier alpha value is -2.67. The van der Waals surface area contributed by atoms with Crippen LogP contribution in [0, 0.1) is 12.8 Å². The molecule has 0 spiro atoms. The van der Waals surface area contributed by atoms with Gasteiger partial charge in [0.1, 0.15) is 10.8 Å². The Kier molecular flexibility index (Phi) is 11.8. The molecule has 0 saturated carbocycles. The number of sulfone groups is 1. The maximum absolute atomic E-state index is 13.0. The molecule has 3 aromatic rings. The van der Waals surface area contributed by atoms with Crippen LogP contribution in [-0.2, 0) is 9.84 Å². The van der Waals surface area contributed by atoms with Crippen LogP contribution in [0.1, 0.15) is 57.6 Å². The second kappa shape index (κ2) is 15.5. The van der Waals surface area contributed by atoms with E-state index in [9.17, 15) is 8.42 Å². The minimum Gasteiger partial charge on any atom is -0.489 e. The van der Waals surface area contributed by atoms with Crippen LogP contribution in [0.25, 0.3) is 0 Å². The molecule has 0 radical (unpaired) electrons. The van der Waals surface area contributed by atoms with E-state index in [0.717, 1.165) is 43.3 Å². The van der Waals surface area contributed by atoms with Crippen LogP contribution in [0.2, 0.25) is 5.02 Å². The van der Waals surface area contributed by atoms with E-state index < -0.39 is 15.1 Å². The first kappa shape index (κ1) is 36.6. The zero-order valence-electron chi connectivity index (χ0n) is 28.5. The van der Waals surface area contributed by atoms with Crippen molar-refractivity contribution in [2.75, 3.05) is 56.4 Å². The summed E-state index contributed by atoms with van der Waals surface area (Å²) in [6.07, 6.45) is 3.76. The molecule has 3 fully saturated rings. The molecule has 0 unspecified atom stereocenters. The van der Waals surface area contributed by atoms with Gasteiger partial charge in [-0.15, -0.1) is 12.4 Å². The lowest BCUT2D eigenvalue weighted by molar-refractivity contribution is 0.00700. The fourth-order valence-corrected chi connectivity index (χ4v) is 8.11. The van der Waals surface area contributed by atoms with Crippen molar-refractivity contribution in [1.82, 2.24) is 25.1 Å². The largest absolute Gasteiger partial charge is 0.489 e. The van der Waals surface area contributed by atoms with Crippen LogP contribution in [-0.4, -0.2) is 91.4 Å². The fourth-order valence-electron chi connectivity index (χ4n) is 6.77. The molecule has 262 valence electrons. The average Bonchev–Trinajstić information content (AvgIpc) is 2.99. The van der Waals surface area contributed by atoms with Gasteiger partial charge in [-0.3, -0.25) is 9.80 Å². The number of anilines is 4. The van der Waals surface area contributed by atoms with Crippen LogP contribution in [0.15, 0.2) is 47.5 Å². The number of aryl methyl sites for hydroxylation is 1. The van der Waals surface area contributed by atoms with Crippen molar-refractivity contribution in [2.45, 2.75) is 75.7 Å². The molecule has 0 bridgehead atoms. The highest BCUT2D eigenvalue weighted by Crippen LogP contribution is 2.39. The van der Waals surface area contributed by atoms with Gasteiger partial charge in [-0.1, -0.05) is 23.7 Å². The van der Waals surface area contributed by atoms with Crippen LogP contribution < -0.4 is 20.7 Å². The maximum Gasteiger partial charge on any atom is 0.229 e. The summed E-state index contributed by atoms with van der Waals surface area (Å²) < 4.78 is 32.4. The van der Waals surface area contributed by atoms with Gasteiger partial charge in [-0.2, -0.15) is 4.98 Å². The molecule has 0 atom stereocenters. The van der Waals surface area contributed by atoms with Gasteiger partial charge in [0.25, 0.3) is 0 Å². The Morgan fingerprint density at radius 1 is 1.04 bits per heavy atom. The molecule has 3 aliphatic rings. The number of ether oxygens (including phenoxy) is 1. The summed E-state index contributed by atoms with van der Waals surface area (Å²) in [5.41, 5.74) is 3.71. The Morgan fingerprint density at radius 3 is 2.40 bits per heavy atom. The predicted octanol–water partition coefficient (Wildman–Crippen LogP) is 6.40. The van der Waals surface area contributed by atoms with Gasteiger partial charge >= 0.3 is 0 Å². The van der Waals surface area contributed by atoms with Gasteiger partial charge in [0, 0.05) is 38.8 Å². The summed E-state index contributed by atoms with van der Waals surface area (Å²) >= 11 is 6.49.